The molecule has 1 N–H and O–H groups in total. The minimum Gasteiger partial charge on any atom is -0.381 e. The Morgan fingerprint density at radius 2 is 2.17 bits per heavy atom. The molecular weight excluding hydrogens is 322 g/mol. The van der Waals surface area contributed by atoms with E-state index in [4.69, 9.17) is 11.6 Å². The fourth-order valence-electron chi connectivity index (χ4n) is 2.26. The molecule has 6 heteroatoms. The SMILES string of the molecule is CCN(C)/C=N\c1cc(C)cc(NC(C)Cc2cnccn2)c1Cl. The zero-order chi connectivity index (χ0) is 17.5. The summed E-state index contributed by atoms with van der Waals surface area (Å²) in [5.41, 5.74) is 3.72. The van der Waals surface area contributed by atoms with Crippen molar-refractivity contribution in [1.82, 2.24) is 14.9 Å². The monoisotopic (exact) mass is 345 g/mol. The molecule has 0 radical (unpaired) electrons. The van der Waals surface area contributed by atoms with Crippen LogP contribution >= 0.6 is 11.6 Å². The molecule has 0 saturated heterocycles. The maximum absolute atomic E-state index is 6.53. The summed E-state index contributed by atoms with van der Waals surface area (Å²) in [4.78, 5) is 14.9. The molecule has 1 unspecified atom stereocenters. The molecule has 0 bridgehead atoms. The summed E-state index contributed by atoms with van der Waals surface area (Å²) in [6, 6.07) is 4.20. The molecule has 1 heterocycles. The van der Waals surface area contributed by atoms with Crippen LogP contribution in [0.25, 0.3) is 0 Å². The minimum atomic E-state index is 0.177. The first-order valence-electron chi connectivity index (χ1n) is 8.05. The Labute approximate surface area is 148 Å². The zero-order valence-electron chi connectivity index (χ0n) is 14.6. The molecule has 24 heavy (non-hydrogen) atoms. The third-order valence-corrected chi connectivity index (χ3v) is 4.02. The van der Waals surface area contributed by atoms with Gasteiger partial charge in [-0.25, -0.2) is 4.99 Å². The van der Waals surface area contributed by atoms with Crippen LogP contribution in [0.15, 0.2) is 35.7 Å². The van der Waals surface area contributed by atoms with Crippen molar-refractivity contribution in [3.63, 3.8) is 0 Å². The molecule has 2 aromatic rings. The second-order valence-corrected chi connectivity index (χ2v) is 6.29. The average Bonchev–Trinajstić information content (AvgIpc) is 2.57. The number of hydrogen-bond donors (Lipinski definition) is 1. The first-order valence-corrected chi connectivity index (χ1v) is 8.43. The highest BCUT2D eigenvalue weighted by atomic mass is 35.5. The number of hydrogen-bond acceptors (Lipinski definition) is 4. The molecule has 1 aromatic heterocycles. The van der Waals surface area contributed by atoms with Gasteiger partial charge in [-0.2, -0.15) is 0 Å². The van der Waals surface area contributed by atoms with Gasteiger partial charge in [-0.3, -0.25) is 9.97 Å². The van der Waals surface area contributed by atoms with Crippen molar-refractivity contribution in [3.8, 4) is 0 Å². The van der Waals surface area contributed by atoms with E-state index in [0.717, 1.165) is 35.6 Å². The van der Waals surface area contributed by atoms with Crippen molar-refractivity contribution >= 4 is 29.3 Å². The van der Waals surface area contributed by atoms with E-state index in [-0.39, 0.29) is 6.04 Å². The van der Waals surface area contributed by atoms with Crippen molar-refractivity contribution in [2.45, 2.75) is 33.2 Å². The first-order chi connectivity index (χ1) is 11.5. The van der Waals surface area contributed by atoms with E-state index < -0.39 is 0 Å². The number of aryl methyl sites for hydroxylation is 1. The second-order valence-electron chi connectivity index (χ2n) is 5.91. The molecule has 0 spiro atoms. The van der Waals surface area contributed by atoms with Gasteiger partial charge in [0.2, 0.25) is 0 Å². The second kappa shape index (κ2) is 8.64. The Morgan fingerprint density at radius 3 is 2.83 bits per heavy atom. The van der Waals surface area contributed by atoms with Crippen LogP contribution in [0.3, 0.4) is 0 Å². The minimum absolute atomic E-state index is 0.177. The highest BCUT2D eigenvalue weighted by Gasteiger charge is 2.11. The lowest BCUT2D eigenvalue weighted by Gasteiger charge is -2.17. The summed E-state index contributed by atoms with van der Waals surface area (Å²) in [6.45, 7) is 7.11. The number of benzene rings is 1. The van der Waals surface area contributed by atoms with Gasteiger partial charge in [0.05, 0.1) is 28.4 Å². The number of rotatable bonds is 7. The van der Waals surface area contributed by atoms with E-state index >= 15 is 0 Å². The third-order valence-electron chi connectivity index (χ3n) is 3.62. The van der Waals surface area contributed by atoms with E-state index in [2.05, 4.69) is 34.1 Å². The maximum Gasteiger partial charge on any atom is 0.0910 e. The standard InChI is InChI=1S/C18H24ClN5/c1-5-24(4)12-22-16-8-13(2)9-17(18(16)19)23-14(3)10-15-11-20-6-7-21-15/h6-9,11-12,14,23H,5,10H2,1-4H3/b22-12-. The highest BCUT2D eigenvalue weighted by molar-refractivity contribution is 6.35. The Bertz CT molecular complexity index is 687. The van der Waals surface area contributed by atoms with Crippen molar-refractivity contribution in [2.24, 2.45) is 4.99 Å². The summed E-state index contributed by atoms with van der Waals surface area (Å²) in [5, 5.41) is 4.09. The summed E-state index contributed by atoms with van der Waals surface area (Å²) < 4.78 is 0. The van der Waals surface area contributed by atoms with Crippen molar-refractivity contribution in [3.05, 3.63) is 47.0 Å². The van der Waals surface area contributed by atoms with E-state index in [9.17, 15) is 0 Å². The van der Waals surface area contributed by atoms with Gasteiger partial charge in [0.15, 0.2) is 0 Å². The zero-order valence-corrected chi connectivity index (χ0v) is 15.4. The van der Waals surface area contributed by atoms with E-state index in [1.807, 2.05) is 31.0 Å². The molecular formula is C18H24ClN5. The molecule has 128 valence electrons. The smallest absolute Gasteiger partial charge is 0.0910 e. The lowest BCUT2D eigenvalue weighted by molar-refractivity contribution is 0.552. The van der Waals surface area contributed by atoms with Crippen molar-refractivity contribution < 1.29 is 0 Å². The molecule has 1 aromatic carbocycles. The number of aromatic nitrogens is 2. The van der Waals surface area contributed by atoms with Crippen LogP contribution in [0.2, 0.25) is 5.02 Å². The van der Waals surface area contributed by atoms with Crippen LogP contribution in [-0.2, 0) is 6.42 Å². The van der Waals surface area contributed by atoms with Crippen molar-refractivity contribution in [1.29, 1.82) is 0 Å². The molecule has 0 amide bonds. The molecule has 0 aliphatic rings. The van der Waals surface area contributed by atoms with Crippen LogP contribution in [0.1, 0.15) is 25.1 Å². The van der Waals surface area contributed by atoms with Crippen LogP contribution in [0.5, 0.6) is 0 Å². The molecule has 0 saturated carbocycles. The fourth-order valence-corrected chi connectivity index (χ4v) is 2.47. The van der Waals surface area contributed by atoms with Gasteiger partial charge >= 0.3 is 0 Å². The van der Waals surface area contributed by atoms with E-state index in [0.29, 0.717) is 5.02 Å². The summed E-state index contributed by atoms with van der Waals surface area (Å²) >= 11 is 6.53. The number of aliphatic imine (C=N–C) groups is 1. The third kappa shape index (κ3) is 5.20. The Morgan fingerprint density at radius 1 is 1.38 bits per heavy atom. The summed E-state index contributed by atoms with van der Waals surface area (Å²) in [5.74, 6) is 0. The normalized spacial score (nSPS) is 12.4. The van der Waals surface area contributed by atoms with Crippen LogP contribution < -0.4 is 5.32 Å². The average molecular weight is 346 g/mol. The van der Waals surface area contributed by atoms with Crippen LogP contribution in [0, 0.1) is 6.92 Å². The Hall–Kier alpha value is -2.14. The topological polar surface area (TPSA) is 53.4 Å². The highest BCUT2D eigenvalue weighted by Crippen LogP contribution is 2.34. The summed E-state index contributed by atoms with van der Waals surface area (Å²) in [7, 11) is 1.98. The molecule has 0 aliphatic heterocycles. The molecule has 1 atom stereocenters. The Balaban J connectivity index is 2.15. The molecule has 0 aliphatic carbocycles. The number of halogens is 1. The number of nitrogens with one attached hydrogen (secondary N) is 1. The predicted octanol–water partition coefficient (Wildman–Crippen LogP) is 4.09. The first kappa shape index (κ1) is 18.2. The van der Waals surface area contributed by atoms with Gasteiger partial charge in [0.1, 0.15) is 0 Å². The van der Waals surface area contributed by atoms with Gasteiger partial charge in [-0.05, 0) is 38.5 Å². The molecule has 0 fully saturated rings. The molecule has 5 nitrogen and oxygen atoms in total. The van der Waals surface area contributed by atoms with Crippen molar-refractivity contribution in [2.75, 3.05) is 18.9 Å². The van der Waals surface area contributed by atoms with Gasteiger partial charge in [-0.1, -0.05) is 11.6 Å². The van der Waals surface area contributed by atoms with Gasteiger partial charge in [0.25, 0.3) is 0 Å². The van der Waals surface area contributed by atoms with E-state index in [1.165, 1.54) is 0 Å². The van der Waals surface area contributed by atoms with Crippen LogP contribution in [0.4, 0.5) is 11.4 Å². The molecule has 2 rings (SSSR count). The van der Waals surface area contributed by atoms with Crippen LogP contribution in [-0.4, -0.2) is 40.8 Å². The fraction of sp³-hybridized carbons (Fsp3) is 0.389. The predicted molar refractivity (Wildman–Crippen MR) is 101 cm³/mol. The Kier molecular flexibility index (Phi) is 6.55. The van der Waals surface area contributed by atoms with Gasteiger partial charge < -0.3 is 10.2 Å². The lowest BCUT2D eigenvalue weighted by Crippen LogP contribution is -2.19. The quantitative estimate of drug-likeness (QED) is 0.606. The lowest BCUT2D eigenvalue weighted by atomic mass is 10.1. The largest absolute Gasteiger partial charge is 0.381 e. The number of nitrogens with zero attached hydrogens (tertiary/aromatic N) is 4. The van der Waals surface area contributed by atoms with E-state index in [1.54, 1.807) is 24.9 Å². The maximum atomic E-state index is 6.53. The summed E-state index contributed by atoms with van der Waals surface area (Å²) in [6.07, 6.45) is 7.74. The van der Waals surface area contributed by atoms with Gasteiger partial charge in [-0.15, -0.1) is 0 Å². The van der Waals surface area contributed by atoms with Gasteiger partial charge in [0, 0.05) is 44.6 Å². The number of anilines is 1.